The molecule has 0 amide bonds. The molecule has 1 aromatic heterocycles. The second kappa shape index (κ2) is 5.31. The summed E-state index contributed by atoms with van der Waals surface area (Å²) in [5.41, 5.74) is 8.95. The van der Waals surface area contributed by atoms with Crippen molar-refractivity contribution in [2.45, 2.75) is 20.3 Å². The highest BCUT2D eigenvalue weighted by atomic mass is 16.1. The van der Waals surface area contributed by atoms with Crippen molar-refractivity contribution in [2.75, 3.05) is 5.73 Å². The maximum atomic E-state index is 11.7. The van der Waals surface area contributed by atoms with E-state index in [4.69, 9.17) is 5.73 Å². The molecule has 0 fully saturated rings. The molecular weight excluding hydrogens is 236 g/mol. The third-order valence-corrected chi connectivity index (χ3v) is 3.23. The van der Waals surface area contributed by atoms with Gasteiger partial charge >= 0.3 is 0 Å². The minimum absolute atomic E-state index is 0.0822. The molecule has 1 heterocycles. The second-order valence-electron chi connectivity index (χ2n) is 5.36. The summed E-state index contributed by atoms with van der Waals surface area (Å²) in [6.45, 7) is 4.41. The van der Waals surface area contributed by atoms with E-state index in [1.165, 1.54) is 10.1 Å². The zero-order chi connectivity index (χ0) is 14.0. The van der Waals surface area contributed by atoms with Crippen molar-refractivity contribution in [3.8, 4) is 11.1 Å². The normalized spacial score (nSPS) is 10.9. The molecule has 0 aliphatic heterocycles. The van der Waals surface area contributed by atoms with Crippen molar-refractivity contribution >= 4 is 5.82 Å². The number of benzene rings is 1. The number of pyridine rings is 1. The molecule has 2 aromatic rings. The van der Waals surface area contributed by atoms with Crippen LogP contribution in [0.5, 0.6) is 0 Å². The number of anilines is 1. The van der Waals surface area contributed by atoms with Gasteiger partial charge in [-0.3, -0.25) is 9.36 Å². The van der Waals surface area contributed by atoms with Gasteiger partial charge in [0.2, 0.25) is 0 Å². The molecule has 0 spiro atoms. The molecule has 1 aromatic carbocycles. The van der Waals surface area contributed by atoms with Gasteiger partial charge in [-0.15, -0.1) is 0 Å². The molecule has 0 saturated heterocycles. The summed E-state index contributed by atoms with van der Waals surface area (Å²) in [6.07, 6.45) is 1.07. The van der Waals surface area contributed by atoms with Gasteiger partial charge in [0.1, 0.15) is 5.82 Å². The van der Waals surface area contributed by atoms with Crippen LogP contribution in [0, 0.1) is 5.92 Å². The summed E-state index contributed by atoms with van der Waals surface area (Å²) in [7, 11) is 1.67. The number of nitrogens with zero attached hydrogens (tertiary/aromatic N) is 1. The van der Waals surface area contributed by atoms with Gasteiger partial charge in [0, 0.05) is 13.1 Å². The molecule has 3 nitrogen and oxygen atoms in total. The van der Waals surface area contributed by atoms with Crippen molar-refractivity contribution in [1.82, 2.24) is 4.57 Å². The van der Waals surface area contributed by atoms with Crippen LogP contribution >= 0.6 is 0 Å². The zero-order valence-electron chi connectivity index (χ0n) is 11.7. The molecule has 0 aliphatic rings. The summed E-state index contributed by atoms with van der Waals surface area (Å²) in [5, 5.41) is 0. The molecule has 0 radical (unpaired) electrons. The van der Waals surface area contributed by atoms with Crippen LogP contribution in [0.1, 0.15) is 19.4 Å². The van der Waals surface area contributed by atoms with Gasteiger partial charge in [-0.25, -0.2) is 0 Å². The van der Waals surface area contributed by atoms with Crippen LogP contribution < -0.4 is 11.3 Å². The van der Waals surface area contributed by atoms with Crippen molar-refractivity contribution in [3.63, 3.8) is 0 Å². The van der Waals surface area contributed by atoms with Crippen LogP contribution in [-0.4, -0.2) is 4.57 Å². The van der Waals surface area contributed by atoms with E-state index in [0.717, 1.165) is 17.5 Å². The van der Waals surface area contributed by atoms with Crippen molar-refractivity contribution in [1.29, 1.82) is 0 Å². The molecule has 2 rings (SSSR count). The lowest BCUT2D eigenvalue weighted by Gasteiger charge is -2.08. The molecule has 0 bridgehead atoms. The van der Waals surface area contributed by atoms with E-state index in [2.05, 4.69) is 26.0 Å². The Kier molecular flexibility index (Phi) is 3.74. The van der Waals surface area contributed by atoms with E-state index in [9.17, 15) is 4.79 Å². The van der Waals surface area contributed by atoms with Crippen LogP contribution in [0.4, 0.5) is 5.82 Å². The molecule has 0 atom stereocenters. The lowest BCUT2D eigenvalue weighted by Crippen LogP contribution is -2.18. The SMILES string of the molecule is CC(C)Cc1ccc(-c2cc(N)n(C)c(=O)c2)cc1. The molecule has 0 aliphatic carbocycles. The van der Waals surface area contributed by atoms with E-state index in [1.54, 1.807) is 13.1 Å². The van der Waals surface area contributed by atoms with E-state index >= 15 is 0 Å². The predicted octanol–water partition coefficient (Wildman–Crippen LogP) is 2.83. The summed E-state index contributed by atoms with van der Waals surface area (Å²) < 4.78 is 1.44. The number of hydrogen-bond donors (Lipinski definition) is 1. The fourth-order valence-electron chi connectivity index (χ4n) is 2.13. The third kappa shape index (κ3) is 3.05. The topological polar surface area (TPSA) is 48.0 Å². The largest absolute Gasteiger partial charge is 0.385 e. The van der Waals surface area contributed by atoms with Gasteiger partial charge in [0.15, 0.2) is 0 Å². The standard InChI is InChI=1S/C16H20N2O/c1-11(2)8-12-4-6-13(7-5-12)14-9-15(17)18(3)16(19)10-14/h4-7,9-11H,8,17H2,1-3H3. The Morgan fingerprint density at radius 1 is 1.11 bits per heavy atom. The second-order valence-corrected chi connectivity index (χ2v) is 5.36. The quantitative estimate of drug-likeness (QED) is 0.918. The average molecular weight is 256 g/mol. The highest BCUT2D eigenvalue weighted by molar-refractivity contribution is 5.66. The van der Waals surface area contributed by atoms with E-state index in [0.29, 0.717) is 11.7 Å². The van der Waals surface area contributed by atoms with E-state index < -0.39 is 0 Å². The van der Waals surface area contributed by atoms with Gasteiger partial charge in [-0.1, -0.05) is 38.1 Å². The van der Waals surface area contributed by atoms with E-state index in [-0.39, 0.29) is 5.56 Å². The third-order valence-electron chi connectivity index (χ3n) is 3.23. The number of aromatic nitrogens is 1. The summed E-state index contributed by atoms with van der Waals surface area (Å²) in [6, 6.07) is 11.8. The van der Waals surface area contributed by atoms with Gasteiger partial charge in [0.05, 0.1) is 0 Å². The Balaban J connectivity index is 2.35. The number of rotatable bonds is 3. The summed E-state index contributed by atoms with van der Waals surface area (Å²) in [4.78, 5) is 11.7. The molecule has 0 unspecified atom stereocenters. The first-order valence-electron chi connectivity index (χ1n) is 6.53. The molecular formula is C16H20N2O. The number of hydrogen-bond acceptors (Lipinski definition) is 2. The lowest BCUT2D eigenvalue weighted by atomic mass is 9.99. The molecule has 2 N–H and O–H groups in total. The highest BCUT2D eigenvalue weighted by Crippen LogP contribution is 2.21. The van der Waals surface area contributed by atoms with Crippen LogP contribution in [0.2, 0.25) is 0 Å². The minimum Gasteiger partial charge on any atom is -0.385 e. The first kappa shape index (κ1) is 13.4. The zero-order valence-corrected chi connectivity index (χ0v) is 11.7. The first-order chi connectivity index (χ1) is 8.97. The van der Waals surface area contributed by atoms with Crippen LogP contribution in [0.15, 0.2) is 41.2 Å². The first-order valence-corrected chi connectivity index (χ1v) is 6.53. The molecule has 0 saturated carbocycles. The summed E-state index contributed by atoms with van der Waals surface area (Å²) >= 11 is 0. The molecule has 3 heteroatoms. The van der Waals surface area contributed by atoms with Crippen molar-refractivity contribution in [2.24, 2.45) is 13.0 Å². The van der Waals surface area contributed by atoms with Crippen molar-refractivity contribution in [3.05, 3.63) is 52.3 Å². The van der Waals surface area contributed by atoms with Crippen LogP contribution in [0.3, 0.4) is 0 Å². The Morgan fingerprint density at radius 2 is 1.74 bits per heavy atom. The predicted molar refractivity (Wildman–Crippen MR) is 80.1 cm³/mol. The fourth-order valence-corrected chi connectivity index (χ4v) is 2.13. The Labute approximate surface area is 113 Å². The Morgan fingerprint density at radius 3 is 2.26 bits per heavy atom. The maximum absolute atomic E-state index is 11.7. The minimum atomic E-state index is -0.0822. The fraction of sp³-hybridized carbons (Fsp3) is 0.312. The molecule has 100 valence electrons. The maximum Gasteiger partial charge on any atom is 0.252 e. The highest BCUT2D eigenvalue weighted by Gasteiger charge is 2.04. The Bertz CT molecular complexity index is 624. The van der Waals surface area contributed by atoms with Crippen LogP contribution in [0.25, 0.3) is 11.1 Å². The van der Waals surface area contributed by atoms with Gasteiger partial charge < -0.3 is 5.73 Å². The molecule has 19 heavy (non-hydrogen) atoms. The van der Waals surface area contributed by atoms with Crippen LogP contribution in [-0.2, 0) is 13.5 Å². The number of nitrogen functional groups attached to an aromatic ring is 1. The van der Waals surface area contributed by atoms with Gasteiger partial charge in [-0.05, 0) is 35.1 Å². The van der Waals surface area contributed by atoms with Gasteiger partial charge in [0.25, 0.3) is 5.56 Å². The van der Waals surface area contributed by atoms with Crippen molar-refractivity contribution < 1.29 is 0 Å². The summed E-state index contributed by atoms with van der Waals surface area (Å²) in [5.74, 6) is 1.12. The Hall–Kier alpha value is -2.03. The monoisotopic (exact) mass is 256 g/mol. The van der Waals surface area contributed by atoms with E-state index in [1.807, 2.05) is 18.2 Å². The van der Waals surface area contributed by atoms with Gasteiger partial charge in [-0.2, -0.15) is 0 Å². The smallest absolute Gasteiger partial charge is 0.252 e. The number of nitrogens with two attached hydrogens (primary N) is 1. The lowest BCUT2D eigenvalue weighted by molar-refractivity contribution is 0.647. The average Bonchev–Trinajstić information content (AvgIpc) is 2.35.